The van der Waals surface area contributed by atoms with Gasteiger partial charge in [-0.05, 0) is 55.2 Å². The number of hydrogen-bond donors (Lipinski definition) is 1. The highest BCUT2D eigenvalue weighted by atomic mass is 19.1. The third-order valence-electron chi connectivity index (χ3n) is 4.99. The van der Waals surface area contributed by atoms with E-state index in [0.29, 0.717) is 0 Å². The smallest absolute Gasteiger partial charge is 0.123 e. The van der Waals surface area contributed by atoms with Gasteiger partial charge < -0.3 is 5.32 Å². The van der Waals surface area contributed by atoms with E-state index in [2.05, 4.69) is 25.2 Å². The van der Waals surface area contributed by atoms with Gasteiger partial charge in [0.2, 0.25) is 0 Å². The third-order valence-corrected chi connectivity index (χ3v) is 4.99. The minimum absolute atomic E-state index is 0.101. The Hall–Kier alpha value is -0.890. The van der Waals surface area contributed by atoms with Crippen LogP contribution in [0.4, 0.5) is 4.39 Å². The average Bonchev–Trinajstić information content (AvgIpc) is 3.11. The molecular weight excluding hydrogens is 237 g/mol. The van der Waals surface area contributed by atoms with E-state index in [1.807, 2.05) is 6.07 Å². The van der Waals surface area contributed by atoms with Gasteiger partial charge in [-0.3, -0.25) is 0 Å². The first kappa shape index (κ1) is 13.1. The highest BCUT2D eigenvalue weighted by molar-refractivity contribution is 5.30. The van der Waals surface area contributed by atoms with Crippen LogP contribution in [0.15, 0.2) is 24.3 Å². The normalized spacial score (nSPS) is 30.4. The summed E-state index contributed by atoms with van der Waals surface area (Å²) in [5.41, 5.74) is 1.37. The molecule has 1 aromatic carbocycles. The SMILES string of the molecule is CC(C)C1CC(CNC2CC2)(c2cccc(F)c2)C1. The van der Waals surface area contributed by atoms with Crippen molar-refractivity contribution in [2.45, 2.75) is 51.0 Å². The lowest BCUT2D eigenvalue weighted by atomic mass is 9.56. The molecule has 0 aliphatic heterocycles. The van der Waals surface area contributed by atoms with Crippen LogP contribution in [0.2, 0.25) is 0 Å². The van der Waals surface area contributed by atoms with Crippen molar-refractivity contribution in [1.82, 2.24) is 5.32 Å². The zero-order valence-electron chi connectivity index (χ0n) is 12.0. The second kappa shape index (κ2) is 4.90. The van der Waals surface area contributed by atoms with Crippen LogP contribution in [0.3, 0.4) is 0 Å². The molecule has 0 atom stereocenters. The second-order valence-electron chi connectivity index (χ2n) is 6.86. The van der Waals surface area contributed by atoms with Gasteiger partial charge in [0, 0.05) is 18.0 Å². The maximum atomic E-state index is 13.5. The minimum Gasteiger partial charge on any atom is -0.313 e. The fourth-order valence-corrected chi connectivity index (χ4v) is 3.34. The number of halogens is 1. The molecule has 2 aliphatic carbocycles. The Labute approximate surface area is 115 Å². The van der Waals surface area contributed by atoms with E-state index in [4.69, 9.17) is 0 Å². The Morgan fingerprint density at radius 2 is 2.05 bits per heavy atom. The van der Waals surface area contributed by atoms with Crippen LogP contribution >= 0.6 is 0 Å². The summed E-state index contributed by atoms with van der Waals surface area (Å²) in [6.45, 7) is 5.62. The van der Waals surface area contributed by atoms with Crippen LogP contribution < -0.4 is 5.32 Å². The van der Waals surface area contributed by atoms with Crippen LogP contribution in [-0.4, -0.2) is 12.6 Å². The van der Waals surface area contributed by atoms with Gasteiger partial charge in [0.05, 0.1) is 0 Å². The van der Waals surface area contributed by atoms with Crippen molar-refractivity contribution >= 4 is 0 Å². The van der Waals surface area contributed by atoms with Crippen LogP contribution in [0.1, 0.15) is 45.1 Å². The van der Waals surface area contributed by atoms with Crippen molar-refractivity contribution < 1.29 is 4.39 Å². The molecule has 3 rings (SSSR count). The quantitative estimate of drug-likeness (QED) is 0.848. The molecule has 2 heteroatoms. The van der Waals surface area contributed by atoms with Gasteiger partial charge in [-0.2, -0.15) is 0 Å². The first-order chi connectivity index (χ1) is 9.09. The van der Waals surface area contributed by atoms with E-state index in [1.54, 1.807) is 12.1 Å². The molecule has 0 aromatic heterocycles. The maximum absolute atomic E-state index is 13.5. The van der Waals surface area contributed by atoms with E-state index in [0.717, 1.165) is 24.4 Å². The van der Waals surface area contributed by atoms with E-state index in [9.17, 15) is 4.39 Å². The fraction of sp³-hybridized carbons (Fsp3) is 0.647. The van der Waals surface area contributed by atoms with Crippen molar-refractivity contribution in [2.24, 2.45) is 11.8 Å². The Balaban J connectivity index is 1.76. The monoisotopic (exact) mass is 261 g/mol. The van der Waals surface area contributed by atoms with Gasteiger partial charge in [-0.1, -0.05) is 26.0 Å². The van der Waals surface area contributed by atoms with Gasteiger partial charge in [0.25, 0.3) is 0 Å². The van der Waals surface area contributed by atoms with Gasteiger partial charge in [0.15, 0.2) is 0 Å². The van der Waals surface area contributed by atoms with Crippen molar-refractivity contribution in [3.05, 3.63) is 35.6 Å². The predicted molar refractivity (Wildman–Crippen MR) is 76.7 cm³/mol. The van der Waals surface area contributed by atoms with Gasteiger partial charge in [-0.25, -0.2) is 4.39 Å². The molecule has 0 radical (unpaired) electrons. The molecule has 1 N–H and O–H groups in total. The zero-order valence-corrected chi connectivity index (χ0v) is 12.0. The van der Waals surface area contributed by atoms with Gasteiger partial charge >= 0.3 is 0 Å². The highest BCUT2D eigenvalue weighted by Crippen LogP contribution is 2.50. The lowest BCUT2D eigenvalue weighted by molar-refractivity contribution is 0.0971. The molecule has 2 aliphatic rings. The second-order valence-corrected chi connectivity index (χ2v) is 6.86. The molecular formula is C17H24FN. The lowest BCUT2D eigenvalue weighted by Gasteiger charge is -2.50. The summed E-state index contributed by atoms with van der Waals surface area (Å²) in [5.74, 6) is 1.43. The Morgan fingerprint density at radius 1 is 1.32 bits per heavy atom. The summed E-state index contributed by atoms with van der Waals surface area (Å²) in [4.78, 5) is 0. The molecule has 2 fully saturated rings. The van der Waals surface area contributed by atoms with Crippen molar-refractivity contribution in [3.8, 4) is 0 Å². The lowest BCUT2D eigenvalue weighted by Crippen LogP contribution is -2.50. The van der Waals surface area contributed by atoms with Gasteiger partial charge in [0.1, 0.15) is 5.82 Å². The summed E-state index contributed by atoms with van der Waals surface area (Å²) in [6.07, 6.45) is 5.03. The largest absolute Gasteiger partial charge is 0.313 e. The molecule has 1 nitrogen and oxygen atoms in total. The summed E-state index contributed by atoms with van der Waals surface area (Å²) < 4.78 is 13.5. The highest BCUT2D eigenvalue weighted by Gasteiger charge is 2.46. The minimum atomic E-state index is -0.101. The summed E-state index contributed by atoms with van der Waals surface area (Å²) in [7, 11) is 0. The van der Waals surface area contributed by atoms with E-state index in [1.165, 1.54) is 31.2 Å². The molecule has 19 heavy (non-hydrogen) atoms. The molecule has 2 saturated carbocycles. The zero-order chi connectivity index (χ0) is 13.5. The first-order valence-electron chi connectivity index (χ1n) is 7.58. The number of nitrogens with one attached hydrogen (secondary N) is 1. The molecule has 0 unspecified atom stereocenters. The molecule has 0 amide bonds. The Morgan fingerprint density at radius 3 is 2.63 bits per heavy atom. The van der Waals surface area contributed by atoms with E-state index < -0.39 is 0 Å². The van der Waals surface area contributed by atoms with Crippen molar-refractivity contribution in [2.75, 3.05) is 6.54 Å². The van der Waals surface area contributed by atoms with Gasteiger partial charge in [-0.15, -0.1) is 0 Å². The average molecular weight is 261 g/mol. The van der Waals surface area contributed by atoms with E-state index in [-0.39, 0.29) is 11.2 Å². The Kier molecular flexibility index (Phi) is 3.38. The molecule has 0 spiro atoms. The number of benzene rings is 1. The molecule has 0 saturated heterocycles. The van der Waals surface area contributed by atoms with Crippen molar-refractivity contribution in [1.29, 1.82) is 0 Å². The topological polar surface area (TPSA) is 12.0 Å². The van der Waals surface area contributed by atoms with Crippen molar-refractivity contribution in [3.63, 3.8) is 0 Å². The molecule has 1 aromatic rings. The van der Waals surface area contributed by atoms with Crippen LogP contribution in [0.25, 0.3) is 0 Å². The standard InChI is InChI=1S/C17H24FN/c1-12(2)13-9-17(10-13,11-19-16-6-7-16)14-4-3-5-15(18)8-14/h3-5,8,12-13,16,19H,6-7,9-11H2,1-2H3. The fourth-order valence-electron chi connectivity index (χ4n) is 3.34. The first-order valence-corrected chi connectivity index (χ1v) is 7.58. The summed E-state index contributed by atoms with van der Waals surface area (Å²) in [6, 6.07) is 7.97. The van der Waals surface area contributed by atoms with Crippen LogP contribution in [-0.2, 0) is 5.41 Å². The predicted octanol–water partition coefficient (Wildman–Crippen LogP) is 3.88. The van der Waals surface area contributed by atoms with Crippen LogP contribution in [0, 0.1) is 17.7 Å². The Bertz CT molecular complexity index is 439. The number of rotatable bonds is 5. The third kappa shape index (κ3) is 2.69. The molecule has 0 bridgehead atoms. The molecule has 0 heterocycles. The maximum Gasteiger partial charge on any atom is 0.123 e. The summed E-state index contributed by atoms with van der Waals surface area (Å²) >= 11 is 0. The van der Waals surface area contributed by atoms with E-state index >= 15 is 0 Å². The number of hydrogen-bond acceptors (Lipinski definition) is 1. The van der Waals surface area contributed by atoms with Crippen LogP contribution in [0.5, 0.6) is 0 Å². The molecule has 104 valence electrons. The summed E-state index contributed by atoms with van der Waals surface area (Å²) in [5, 5.41) is 3.65.